The van der Waals surface area contributed by atoms with Crippen molar-refractivity contribution in [1.29, 1.82) is 0 Å². The predicted octanol–water partition coefficient (Wildman–Crippen LogP) is 4.25. The third-order valence-corrected chi connectivity index (χ3v) is 8.60. The molecule has 0 saturated heterocycles. The number of carboxylic acid groups (broad SMARTS) is 1. The molecule has 0 aliphatic carbocycles. The summed E-state index contributed by atoms with van der Waals surface area (Å²) in [4.78, 5) is 36.1. The molecule has 0 radical (unpaired) electrons. The standard InChI is InChI=1S/C27H37N2O7P/c1-17(2)27(35-20(5)30)36-37(34,19(4)28)16-24(25(31)29-18(3)26(32)33)15-21-11-13-23(14-12-21)22-9-7-6-8-10-22/h6-14,17-19,24,27H,15-16,28H2,1-5H3,(H,29,31)(H,32,33)/t18-,19+,24?,27-,37?/m0/s1. The largest absolute Gasteiger partial charge is 0.480 e. The van der Waals surface area contributed by atoms with Gasteiger partial charge in [-0.15, -0.1) is 0 Å². The fraction of sp³-hybridized carbons (Fsp3) is 0.444. The highest BCUT2D eigenvalue weighted by atomic mass is 31.2. The zero-order valence-corrected chi connectivity index (χ0v) is 22.8. The molecular weight excluding hydrogens is 495 g/mol. The van der Waals surface area contributed by atoms with Crippen LogP contribution in [0.15, 0.2) is 54.6 Å². The highest BCUT2D eigenvalue weighted by molar-refractivity contribution is 7.59. The predicted molar refractivity (Wildman–Crippen MR) is 142 cm³/mol. The van der Waals surface area contributed by atoms with Crippen molar-refractivity contribution >= 4 is 25.2 Å². The number of ether oxygens (including phenoxy) is 1. The zero-order valence-electron chi connectivity index (χ0n) is 21.9. The first-order chi connectivity index (χ1) is 17.3. The van der Waals surface area contributed by atoms with Crippen molar-refractivity contribution in [3.63, 3.8) is 0 Å². The number of nitrogens with two attached hydrogens (primary N) is 1. The minimum Gasteiger partial charge on any atom is -0.480 e. The van der Waals surface area contributed by atoms with Crippen molar-refractivity contribution in [3.05, 3.63) is 60.2 Å². The summed E-state index contributed by atoms with van der Waals surface area (Å²) in [5, 5.41) is 11.7. The number of carbonyl (C=O) groups excluding carboxylic acids is 2. The smallest absolute Gasteiger partial charge is 0.325 e. The van der Waals surface area contributed by atoms with Gasteiger partial charge in [-0.05, 0) is 37.0 Å². The van der Waals surface area contributed by atoms with Gasteiger partial charge in [-0.1, -0.05) is 68.4 Å². The maximum absolute atomic E-state index is 13.9. The van der Waals surface area contributed by atoms with Crippen LogP contribution in [0, 0.1) is 11.8 Å². The number of amides is 1. The van der Waals surface area contributed by atoms with Gasteiger partial charge in [0.2, 0.25) is 19.6 Å². The van der Waals surface area contributed by atoms with Crippen LogP contribution in [0.3, 0.4) is 0 Å². The molecule has 0 aliphatic heterocycles. The molecule has 2 aromatic rings. The highest BCUT2D eigenvalue weighted by Gasteiger charge is 2.39. The van der Waals surface area contributed by atoms with E-state index in [0.717, 1.165) is 16.7 Å². The maximum atomic E-state index is 13.9. The van der Waals surface area contributed by atoms with Crippen LogP contribution in [0.25, 0.3) is 11.1 Å². The average molecular weight is 533 g/mol. The minimum absolute atomic E-state index is 0.174. The molecule has 202 valence electrons. The van der Waals surface area contributed by atoms with E-state index in [1.54, 1.807) is 13.8 Å². The SMILES string of the molecule is CC(=O)O[C@@H](OP(=O)(CC(Cc1ccc(-c2ccccc2)cc1)C(=O)N[C@@H](C)C(=O)O)[C@H](C)N)C(C)C. The fourth-order valence-corrected chi connectivity index (χ4v) is 5.77. The quantitative estimate of drug-likeness (QED) is 0.197. The summed E-state index contributed by atoms with van der Waals surface area (Å²) in [6.45, 7) is 7.56. The Morgan fingerprint density at radius 1 is 0.973 bits per heavy atom. The molecule has 0 heterocycles. The van der Waals surface area contributed by atoms with Crippen LogP contribution >= 0.6 is 7.37 Å². The summed E-state index contributed by atoms with van der Waals surface area (Å²) in [5.41, 5.74) is 8.90. The normalized spacial score (nSPS) is 16.2. The number of benzene rings is 2. The lowest BCUT2D eigenvalue weighted by Crippen LogP contribution is -2.44. The van der Waals surface area contributed by atoms with Gasteiger partial charge in [0.05, 0.1) is 11.7 Å². The van der Waals surface area contributed by atoms with Gasteiger partial charge in [-0.25, -0.2) is 0 Å². The zero-order chi connectivity index (χ0) is 27.8. The van der Waals surface area contributed by atoms with Gasteiger partial charge in [-0.2, -0.15) is 0 Å². The van der Waals surface area contributed by atoms with Crippen molar-refractivity contribution in [2.45, 2.75) is 59.2 Å². The Balaban J connectivity index is 2.35. The average Bonchev–Trinajstić information content (AvgIpc) is 2.83. The van der Waals surface area contributed by atoms with Gasteiger partial charge in [0.25, 0.3) is 0 Å². The van der Waals surface area contributed by atoms with Crippen LogP contribution in [0.5, 0.6) is 0 Å². The summed E-state index contributed by atoms with van der Waals surface area (Å²) in [5.74, 6) is -4.57. The molecule has 0 saturated carbocycles. The van der Waals surface area contributed by atoms with E-state index in [1.165, 1.54) is 20.8 Å². The van der Waals surface area contributed by atoms with Crippen LogP contribution in [0.1, 0.15) is 40.2 Å². The van der Waals surface area contributed by atoms with E-state index < -0.39 is 49.2 Å². The second-order valence-electron chi connectivity index (χ2n) is 9.51. The first kappa shape index (κ1) is 30.2. The maximum Gasteiger partial charge on any atom is 0.325 e. The van der Waals surface area contributed by atoms with Gasteiger partial charge < -0.3 is 20.9 Å². The Labute approximate surface area is 218 Å². The van der Waals surface area contributed by atoms with Gasteiger partial charge >= 0.3 is 11.9 Å². The summed E-state index contributed by atoms with van der Waals surface area (Å²) < 4.78 is 25.0. The number of hydrogen-bond donors (Lipinski definition) is 3. The number of hydrogen-bond acceptors (Lipinski definition) is 7. The van der Waals surface area contributed by atoms with E-state index in [-0.39, 0.29) is 18.5 Å². The van der Waals surface area contributed by atoms with Crippen molar-refractivity contribution < 1.29 is 33.3 Å². The van der Waals surface area contributed by atoms with E-state index in [0.29, 0.717) is 0 Å². The number of carbonyl (C=O) groups is 3. The number of carboxylic acids is 1. The van der Waals surface area contributed by atoms with Crippen molar-refractivity contribution in [2.75, 3.05) is 6.16 Å². The van der Waals surface area contributed by atoms with Gasteiger partial charge in [-0.3, -0.25) is 23.5 Å². The molecule has 0 fully saturated rings. The third-order valence-electron chi connectivity index (χ3n) is 5.85. The molecule has 5 atom stereocenters. The van der Waals surface area contributed by atoms with E-state index in [2.05, 4.69) is 5.32 Å². The van der Waals surface area contributed by atoms with E-state index in [1.807, 2.05) is 54.6 Å². The Morgan fingerprint density at radius 3 is 2.03 bits per heavy atom. The summed E-state index contributed by atoms with van der Waals surface area (Å²) in [6, 6.07) is 16.3. The lowest BCUT2D eigenvalue weighted by Gasteiger charge is -2.31. The molecule has 0 bridgehead atoms. The monoisotopic (exact) mass is 532 g/mol. The molecule has 4 N–H and O–H groups in total. The van der Waals surface area contributed by atoms with Crippen LogP contribution < -0.4 is 11.1 Å². The summed E-state index contributed by atoms with van der Waals surface area (Å²) >= 11 is 0. The molecular formula is C27H37N2O7P. The molecule has 37 heavy (non-hydrogen) atoms. The van der Waals surface area contributed by atoms with Crippen LogP contribution in [0.2, 0.25) is 0 Å². The summed E-state index contributed by atoms with van der Waals surface area (Å²) in [7, 11) is -3.74. The minimum atomic E-state index is -3.74. The molecule has 2 rings (SSSR count). The van der Waals surface area contributed by atoms with Crippen LogP contribution in [0.4, 0.5) is 0 Å². The van der Waals surface area contributed by atoms with Crippen molar-refractivity contribution in [2.24, 2.45) is 17.6 Å². The van der Waals surface area contributed by atoms with Gasteiger partial charge in [0, 0.05) is 19.0 Å². The molecule has 2 unspecified atom stereocenters. The Bertz CT molecular complexity index is 1100. The molecule has 0 aliphatic rings. The molecule has 1 amide bonds. The highest BCUT2D eigenvalue weighted by Crippen LogP contribution is 2.53. The molecule has 0 spiro atoms. The fourth-order valence-electron chi connectivity index (χ4n) is 3.61. The Kier molecular flexibility index (Phi) is 11.0. The Hall–Kier alpha value is -3.00. The van der Waals surface area contributed by atoms with E-state index in [4.69, 9.17) is 15.0 Å². The first-order valence-electron chi connectivity index (χ1n) is 12.2. The van der Waals surface area contributed by atoms with Crippen LogP contribution in [-0.2, 0) is 34.6 Å². The number of aliphatic carboxylic acids is 1. The van der Waals surface area contributed by atoms with Gasteiger partial charge in [0.1, 0.15) is 6.04 Å². The number of rotatable bonds is 13. The Morgan fingerprint density at radius 2 is 1.54 bits per heavy atom. The molecule has 2 aromatic carbocycles. The molecule has 9 nitrogen and oxygen atoms in total. The van der Waals surface area contributed by atoms with E-state index >= 15 is 0 Å². The second-order valence-corrected chi connectivity index (χ2v) is 12.4. The summed E-state index contributed by atoms with van der Waals surface area (Å²) in [6.07, 6.45) is -1.19. The van der Waals surface area contributed by atoms with E-state index in [9.17, 15) is 24.1 Å². The molecule has 10 heteroatoms. The lowest BCUT2D eigenvalue weighted by molar-refractivity contribution is -0.166. The first-order valence-corrected chi connectivity index (χ1v) is 14.1. The lowest BCUT2D eigenvalue weighted by atomic mass is 9.97. The van der Waals surface area contributed by atoms with Crippen molar-refractivity contribution in [1.82, 2.24) is 5.32 Å². The van der Waals surface area contributed by atoms with Gasteiger partial charge in [0.15, 0.2) is 0 Å². The third kappa shape index (κ3) is 9.11. The second kappa shape index (κ2) is 13.5. The van der Waals surface area contributed by atoms with Crippen molar-refractivity contribution in [3.8, 4) is 11.1 Å². The topological polar surface area (TPSA) is 145 Å². The number of nitrogens with one attached hydrogen (secondary N) is 1. The van der Waals surface area contributed by atoms with Crippen LogP contribution in [-0.4, -0.2) is 47.2 Å². The molecule has 0 aromatic heterocycles. The number of esters is 1.